The molecule has 0 N–H and O–H groups in total. The minimum absolute atomic E-state index is 0.0209. The van der Waals surface area contributed by atoms with E-state index in [0.717, 1.165) is 0 Å². The first-order valence-corrected chi connectivity index (χ1v) is 15.8. The van der Waals surface area contributed by atoms with Gasteiger partial charge in [-0.05, 0) is 68.0 Å². The molecule has 0 aliphatic carbocycles. The van der Waals surface area contributed by atoms with E-state index in [9.17, 15) is 89.4 Å². The van der Waals surface area contributed by atoms with Gasteiger partial charge >= 0.3 is 71.3 Å². The smallest absolute Gasteiger partial charge is 0.410 e. The minimum atomic E-state index is -8.79. The Morgan fingerprint density at radius 2 is 0.825 bits per heavy atom. The van der Waals surface area contributed by atoms with Crippen molar-refractivity contribution in [3.63, 3.8) is 0 Å². The predicted octanol–water partition coefficient (Wildman–Crippen LogP) is 9.18. The minimum Gasteiger partial charge on any atom is -0.462 e. The van der Waals surface area contributed by atoms with E-state index in [-0.39, 0.29) is 31.4 Å². The maximum Gasteiger partial charge on any atom is 0.410 e. The van der Waals surface area contributed by atoms with E-state index in [1.807, 2.05) is 0 Å². The van der Waals surface area contributed by atoms with Crippen molar-refractivity contribution < 1.29 is 108 Å². The van der Waals surface area contributed by atoms with Crippen LogP contribution in [0.15, 0.2) is 48.5 Å². The van der Waals surface area contributed by atoms with Gasteiger partial charge in [-0.2, -0.15) is 70.2 Å². The van der Waals surface area contributed by atoms with Crippen LogP contribution in [0.3, 0.4) is 0 Å². The van der Waals surface area contributed by atoms with Gasteiger partial charge in [0.1, 0.15) is 5.75 Å². The number of carbonyl (C=O) groups is 4. The van der Waals surface area contributed by atoms with E-state index in [4.69, 9.17) is 9.47 Å². The highest BCUT2D eigenvalue weighted by molar-refractivity contribution is 5.90. The summed E-state index contributed by atoms with van der Waals surface area (Å²) in [7, 11) is 0. The lowest BCUT2D eigenvalue weighted by Gasteiger charge is -2.42. The van der Waals surface area contributed by atoms with E-state index < -0.39 is 90.9 Å². The average Bonchev–Trinajstić information content (AvgIpc) is 3.12. The van der Waals surface area contributed by atoms with Crippen LogP contribution in [0.1, 0.15) is 49.9 Å². The molecule has 0 spiro atoms. The molecule has 2 rings (SSSR count). The molecule has 0 aliphatic heterocycles. The molecular weight excluding hydrogens is 828 g/mol. The molecule has 0 saturated heterocycles. The highest BCUT2D eigenvalue weighted by Crippen LogP contribution is 2.64. The molecule has 0 aromatic heterocycles. The number of alkyl halides is 16. The van der Waals surface area contributed by atoms with Crippen molar-refractivity contribution >= 4 is 23.9 Å². The van der Waals surface area contributed by atoms with Crippen LogP contribution in [-0.2, 0) is 28.6 Å². The van der Waals surface area contributed by atoms with Crippen LogP contribution in [0.5, 0.6) is 5.75 Å². The summed E-state index contributed by atoms with van der Waals surface area (Å²) in [5, 5.41) is 0. The normalized spacial score (nSPS) is 13.5. The Labute approximate surface area is 310 Å². The molecule has 2 aromatic carbocycles. The highest BCUT2D eigenvalue weighted by Gasteiger charge is 2.96. The topological polar surface area (TPSA) is 105 Å². The van der Waals surface area contributed by atoms with Crippen molar-refractivity contribution in [2.75, 3.05) is 19.8 Å². The molecule has 0 amide bonds. The van der Waals surface area contributed by atoms with E-state index in [1.54, 1.807) is 24.3 Å². The summed E-state index contributed by atoms with van der Waals surface area (Å²) in [4.78, 5) is 45.8. The predicted molar refractivity (Wildman–Crippen MR) is 159 cm³/mol. The second-order valence-electron chi connectivity index (χ2n) is 11.7. The van der Waals surface area contributed by atoms with Crippen molar-refractivity contribution in [3.8, 4) is 16.9 Å². The van der Waals surface area contributed by atoms with Gasteiger partial charge in [0, 0.05) is 6.92 Å². The lowest BCUT2D eigenvalue weighted by molar-refractivity contribution is -0.449. The Morgan fingerprint density at radius 1 is 0.474 bits per heavy atom. The number of carbonyl (C=O) groups excluding carboxylic acids is 4. The third-order valence-corrected chi connectivity index (χ3v) is 7.62. The molecule has 0 saturated carbocycles. The number of unbranched alkanes of at least 4 members (excludes halogenated alkanes) is 3. The molecule has 0 aliphatic rings. The van der Waals surface area contributed by atoms with Gasteiger partial charge in [-0.15, -0.1) is 0 Å². The molecule has 57 heavy (non-hydrogen) atoms. The van der Waals surface area contributed by atoms with Gasteiger partial charge in [-0.1, -0.05) is 24.3 Å². The maximum absolute atomic E-state index is 14.1. The Morgan fingerprint density at radius 3 is 1.21 bits per heavy atom. The molecule has 0 bridgehead atoms. The lowest BCUT2D eigenvalue weighted by atomic mass is 9.87. The fourth-order valence-electron chi connectivity index (χ4n) is 4.40. The number of hydrogen-bond donors (Lipinski definition) is 0. The van der Waals surface area contributed by atoms with Crippen LogP contribution in [0.2, 0.25) is 0 Å². The first kappa shape index (κ1) is 48.3. The number of halogens is 16. The number of rotatable bonds is 20. The Hall–Kier alpha value is -4.80. The zero-order valence-electron chi connectivity index (χ0n) is 28.9. The second kappa shape index (κ2) is 17.4. The summed E-state index contributed by atoms with van der Waals surface area (Å²) < 4.78 is 240. The van der Waals surface area contributed by atoms with Gasteiger partial charge in [0.15, 0.2) is 0 Å². The third kappa shape index (κ3) is 9.18. The Bertz CT molecular complexity index is 1730. The zero-order valence-corrected chi connectivity index (χ0v) is 28.9. The fraction of sp³-hybridized carbons (Fsp3) is 0.515. The molecule has 0 heterocycles. The second-order valence-corrected chi connectivity index (χ2v) is 11.7. The van der Waals surface area contributed by atoms with Crippen LogP contribution in [-0.4, -0.2) is 91.1 Å². The lowest BCUT2D eigenvalue weighted by Crippen LogP contribution is -2.75. The standard InChI is InChI=1S/C33H28F16O8/c1-3-54-24(52)26(34,35)28(38,39)30(42,43)32(46,47)33(48,49)31(44,45)29(40,41)27(36,37)25(53)56-17-7-5-4-6-16-55-23(51)21-10-8-19(9-11-21)20-12-14-22(15-13-20)57-18(2)50/h8-15H,3-7,16-17H2,1-2H3. The zero-order chi connectivity index (χ0) is 44.1. The first-order chi connectivity index (χ1) is 25.9. The Balaban J connectivity index is 1.96. The number of esters is 4. The van der Waals surface area contributed by atoms with E-state index in [0.29, 0.717) is 23.8 Å². The summed E-state index contributed by atoms with van der Waals surface area (Å²) in [6, 6.07) is 12.3. The van der Waals surface area contributed by atoms with Crippen molar-refractivity contribution in [1.82, 2.24) is 0 Å². The molecule has 0 fully saturated rings. The van der Waals surface area contributed by atoms with Crippen molar-refractivity contribution in [1.29, 1.82) is 0 Å². The summed E-state index contributed by atoms with van der Waals surface area (Å²) in [6.07, 6.45) is -0.679. The average molecular weight is 857 g/mol. The maximum atomic E-state index is 14.1. The monoisotopic (exact) mass is 856 g/mol. The molecule has 0 radical (unpaired) electrons. The number of ether oxygens (including phenoxy) is 4. The van der Waals surface area contributed by atoms with Crippen LogP contribution < -0.4 is 4.74 Å². The van der Waals surface area contributed by atoms with Gasteiger partial charge in [-0.3, -0.25) is 4.79 Å². The molecule has 2 aromatic rings. The molecule has 8 nitrogen and oxygen atoms in total. The molecule has 0 unspecified atom stereocenters. The van der Waals surface area contributed by atoms with E-state index in [2.05, 4.69) is 9.47 Å². The van der Waals surface area contributed by atoms with E-state index in [1.165, 1.54) is 31.2 Å². The summed E-state index contributed by atoms with van der Waals surface area (Å²) in [5.74, 6) is -74.2. The highest BCUT2D eigenvalue weighted by atomic mass is 19.4. The first-order valence-electron chi connectivity index (χ1n) is 15.8. The summed E-state index contributed by atoms with van der Waals surface area (Å²) in [6.45, 7) is -1.20. The number of hydrogen-bond acceptors (Lipinski definition) is 8. The van der Waals surface area contributed by atoms with Crippen LogP contribution in [0, 0.1) is 0 Å². The summed E-state index contributed by atoms with van der Waals surface area (Å²) in [5.41, 5.74) is 1.48. The van der Waals surface area contributed by atoms with E-state index >= 15 is 0 Å². The molecule has 0 atom stereocenters. The number of benzene rings is 2. The quantitative estimate of drug-likeness (QED) is 0.0427. The third-order valence-electron chi connectivity index (χ3n) is 7.62. The van der Waals surface area contributed by atoms with Gasteiger partial charge < -0.3 is 18.9 Å². The van der Waals surface area contributed by atoms with Gasteiger partial charge in [-0.25, -0.2) is 14.4 Å². The van der Waals surface area contributed by atoms with Crippen LogP contribution in [0.25, 0.3) is 11.1 Å². The molecule has 320 valence electrons. The van der Waals surface area contributed by atoms with Gasteiger partial charge in [0.2, 0.25) is 0 Å². The summed E-state index contributed by atoms with van der Waals surface area (Å²) >= 11 is 0. The Kier molecular flexibility index (Phi) is 14.7. The molecular formula is C33H28F16O8. The van der Waals surface area contributed by atoms with Crippen molar-refractivity contribution in [2.24, 2.45) is 0 Å². The largest absolute Gasteiger partial charge is 0.462 e. The van der Waals surface area contributed by atoms with Crippen LogP contribution in [0.4, 0.5) is 70.2 Å². The van der Waals surface area contributed by atoms with Crippen molar-refractivity contribution in [2.45, 2.75) is 86.9 Å². The fourth-order valence-corrected chi connectivity index (χ4v) is 4.40. The SMILES string of the molecule is CCOC(=O)C(F)(F)C(F)(F)C(F)(F)C(F)(F)C(F)(F)C(F)(F)C(F)(F)C(F)(F)C(=O)OCCCCCCOC(=O)c1ccc(-c2ccc(OC(C)=O)cc2)cc1. The van der Waals surface area contributed by atoms with Gasteiger partial charge in [0.25, 0.3) is 0 Å². The van der Waals surface area contributed by atoms with Crippen molar-refractivity contribution in [3.05, 3.63) is 54.1 Å². The van der Waals surface area contributed by atoms with Crippen LogP contribution >= 0.6 is 0 Å². The molecule has 24 heteroatoms. The van der Waals surface area contributed by atoms with Gasteiger partial charge in [0.05, 0.1) is 25.4 Å².